The van der Waals surface area contributed by atoms with Crippen LogP contribution in [0.25, 0.3) is 11.0 Å². The topological polar surface area (TPSA) is 107 Å². The molecule has 10 heteroatoms. The fourth-order valence-corrected chi connectivity index (χ4v) is 4.16. The number of amides is 1. The minimum absolute atomic E-state index is 0.0148. The molecule has 0 saturated carbocycles. The Balaban J connectivity index is 1.83. The highest BCUT2D eigenvalue weighted by Crippen LogP contribution is 2.27. The number of hydrogen-bond acceptors (Lipinski definition) is 5. The molecule has 154 valence electrons. The van der Waals surface area contributed by atoms with Crippen LogP contribution in [0.15, 0.2) is 52.5 Å². The Bertz CT molecular complexity index is 1150. The quantitative estimate of drug-likeness (QED) is 0.527. The number of rotatable bonds is 8. The summed E-state index contributed by atoms with van der Waals surface area (Å²) in [5.41, 5.74) is 1.38. The maximum Gasteiger partial charge on any atom is 0.238 e. The van der Waals surface area contributed by atoms with E-state index >= 15 is 0 Å². The fourth-order valence-electron chi connectivity index (χ4n) is 2.79. The van der Waals surface area contributed by atoms with Crippen LogP contribution in [0.2, 0.25) is 0 Å². The molecule has 3 N–H and O–H groups in total. The number of benzene rings is 2. The summed E-state index contributed by atoms with van der Waals surface area (Å²) < 4.78 is 38.9. The molecule has 0 aliphatic heterocycles. The smallest absolute Gasteiger partial charge is 0.238 e. The minimum atomic E-state index is -3.83. The average molecular weight is 437 g/mol. The first-order valence-electron chi connectivity index (χ1n) is 9.00. The number of carbonyl (C=O) groups is 1. The van der Waals surface area contributed by atoms with Gasteiger partial charge in [0.2, 0.25) is 15.9 Å². The third kappa shape index (κ3) is 5.14. The van der Waals surface area contributed by atoms with Crippen LogP contribution in [-0.4, -0.2) is 29.6 Å². The van der Waals surface area contributed by atoms with Gasteiger partial charge in [0, 0.05) is 6.54 Å². The van der Waals surface area contributed by atoms with Crippen molar-refractivity contribution < 1.29 is 17.6 Å². The zero-order valence-electron chi connectivity index (χ0n) is 15.8. The van der Waals surface area contributed by atoms with E-state index < -0.39 is 15.8 Å². The molecular weight excluding hydrogens is 415 g/mol. The number of sulfonamides is 1. The summed E-state index contributed by atoms with van der Waals surface area (Å²) in [6.45, 7) is 2.74. The van der Waals surface area contributed by atoms with Crippen molar-refractivity contribution in [3.05, 3.63) is 48.3 Å². The van der Waals surface area contributed by atoms with Crippen LogP contribution in [0, 0.1) is 5.82 Å². The van der Waals surface area contributed by atoms with Gasteiger partial charge in [0.15, 0.2) is 5.16 Å². The Morgan fingerprint density at radius 1 is 1.28 bits per heavy atom. The Morgan fingerprint density at radius 3 is 2.72 bits per heavy atom. The van der Waals surface area contributed by atoms with E-state index in [1.54, 1.807) is 18.2 Å². The molecule has 0 unspecified atom stereocenters. The van der Waals surface area contributed by atoms with E-state index in [4.69, 9.17) is 5.14 Å². The molecule has 0 saturated heterocycles. The van der Waals surface area contributed by atoms with Gasteiger partial charge in [-0.15, -0.1) is 0 Å². The number of anilines is 1. The van der Waals surface area contributed by atoms with Crippen LogP contribution in [0.4, 0.5) is 10.1 Å². The molecule has 7 nitrogen and oxygen atoms in total. The normalized spacial score (nSPS) is 11.7. The number of nitrogens with two attached hydrogens (primary N) is 1. The summed E-state index contributed by atoms with van der Waals surface area (Å²) in [4.78, 5) is 16.7. The van der Waals surface area contributed by atoms with Crippen molar-refractivity contribution in [3.8, 4) is 0 Å². The van der Waals surface area contributed by atoms with Crippen molar-refractivity contribution in [3.63, 3.8) is 0 Å². The number of aryl methyl sites for hydroxylation is 1. The molecule has 3 rings (SSSR count). The number of unbranched alkanes of at least 4 members (excludes halogenated alkanes) is 1. The van der Waals surface area contributed by atoms with Crippen molar-refractivity contribution in [2.24, 2.45) is 5.14 Å². The molecule has 29 heavy (non-hydrogen) atoms. The Morgan fingerprint density at radius 2 is 2.03 bits per heavy atom. The summed E-state index contributed by atoms with van der Waals surface area (Å²) >= 11 is 1.21. The van der Waals surface area contributed by atoms with Gasteiger partial charge in [0.05, 0.1) is 27.4 Å². The lowest BCUT2D eigenvalue weighted by molar-refractivity contribution is -0.113. The number of nitrogens with one attached hydrogen (secondary N) is 1. The van der Waals surface area contributed by atoms with E-state index in [0.29, 0.717) is 17.2 Å². The lowest BCUT2D eigenvalue weighted by atomic mass is 10.3. The zero-order valence-corrected chi connectivity index (χ0v) is 17.4. The molecule has 0 fully saturated rings. The molecule has 0 spiro atoms. The predicted octanol–water partition coefficient (Wildman–Crippen LogP) is 3.35. The molecule has 3 aromatic rings. The third-order valence-electron chi connectivity index (χ3n) is 4.23. The first-order valence-corrected chi connectivity index (χ1v) is 11.5. The maximum absolute atomic E-state index is 13.7. The molecule has 0 bridgehead atoms. The first-order chi connectivity index (χ1) is 13.8. The highest BCUT2D eigenvalue weighted by molar-refractivity contribution is 7.99. The molecule has 0 aliphatic carbocycles. The number of imidazole rings is 1. The van der Waals surface area contributed by atoms with Gasteiger partial charge in [0.1, 0.15) is 5.82 Å². The molecule has 2 aromatic carbocycles. The number of aromatic nitrogens is 2. The number of hydrogen-bond donors (Lipinski definition) is 2. The Hall–Kier alpha value is -2.43. The van der Waals surface area contributed by atoms with Crippen molar-refractivity contribution in [2.45, 2.75) is 36.4 Å². The second kappa shape index (κ2) is 8.93. The van der Waals surface area contributed by atoms with Crippen LogP contribution in [0.3, 0.4) is 0 Å². The number of para-hydroxylation sites is 1. The van der Waals surface area contributed by atoms with E-state index in [1.165, 1.54) is 36.0 Å². The van der Waals surface area contributed by atoms with Gasteiger partial charge in [-0.3, -0.25) is 4.79 Å². The Kier molecular flexibility index (Phi) is 6.56. The van der Waals surface area contributed by atoms with Crippen molar-refractivity contribution in [1.82, 2.24) is 9.55 Å². The SMILES string of the molecule is CCCCn1c(SCC(=O)Nc2ccccc2F)nc2cc(S(N)(=O)=O)ccc21. The zero-order chi connectivity index (χ0) is 21.0. The molecule has 1 heterocycles. The number of fused-ring (bicyclic) bond motifs is 1. The molecule has 0 aliphatic rings. The van der Waals surface area contributed by atoms with Crippen LogP contribution in [0.1, 0.15) is 19.8 Å². The van der Waals surface area contributed by atoms with Gasteiger partial charge in [-0.1, -0.05) is 37.2 Å². The number of thioether (sulfide) groups is 1. The average Bonchev–Trinajstić information content (AvgIpc) is 3.02. The molecule has 0 radical (unpaired) electrons. The maximum atomic E-state index is 13.7. The van der Waals surface area contributed by atoms with E-state index in [2.05, 4.69) is 17.2 Å². The fraction of sp³-hybridized carbons (Fsp3) is 0.263. The van der Waals surface area contributed by atoms with Gasteiger partial charge >= 0.3 is 0 Å². The van der Waals surface area contributed by atoms with Gasteiger partial charge in [-0.25, -0.2) is 22.9 Å². The van der Waals surface area contributed by atoms with Crippen molar-refractivity contribution >= 4 is 44.4 Å². The predicted molar refractivity (Wildman–Crippen MR) is 112 cm³/mol. The van der Waals surface area contributed by atoms with Gasteiger partial charge in [-0.05, 0) is 36.8 Å². The van der Waals surface area contributed by atoms with E-state index in [9.17, 15) is 17.6 Å². The number of primary sulfonamides is 1. The highest BCUT2D eigenvalue weighted by Gasteiger charge is 2.16. The van der Waals surface area contributed by atoms with Crippen LogP contribution < -0.4 is 10.5 Å². The van der Waals surface area contributed by atoms with Gasteiger partial charge in [-0.2, -0.15) is 0 Å². The summed E-state index contributed by atoms with van der Waals surface area (Å²) in [5.74, 6) is -0.831. The van der Waals surface area contributed by atoms with E-state index in [0.717, 1.165) is 18.4 Å². The molecular formula is C19H21FN4O3S2. The van der Waals surface area contributed by atoms with E-state index in [1.807, 2.05) is 4.57 Å². The largest absolute Gasteiger partial charge is 0.323 e. The standard InChI is InChI=1S/C19H21FN4O3S2/c1-2-3-10-24-17-9-8-13(29(21,26)27)11-16(17)23-19(24)28-12-18(25)22-15-7-5-4-6-14(15)20/h4-9,11H,2-3,10,12H2,1H3,(H,22,25)(H2,21,26,27). The van der Waals surface area contributed by atoms with E-state index in [-0.39, 0.29) is 22.2 Å². The second-order valence-electron chi connectivity index (χ2n) is 6.41. The lowest BCUT2D eigenvalue weighted by Crippen LogP contribution is -2.15. The van der Waals surface area contributed by atoms with Crippen molar-refractivity contribution in [1.29, 1.82) is 0 Å². The third-order valence-corrected chi connectivity index (χ3v) is 6.12. The van der Waals surface area contributed by atoms with Crippen LogP contribution in [0.5, 0.6) is 0 Å². The van der Waals surface area contributed by atoms with Crippen molar-refractivity contribution in [2.75, 3.05) is 11.1 Å². The summed E-state index contributed by atoms with van der Waals surface area (Å²) in [6, 6.07) is 10.5. The van der Waals surface area contributed by atoms with Crippen LogP contribution in [-0.2, 0) is 21.4 Å². The number of halogens is 1. The molecule has 1 aromatic heterocycles. The summed E-state index contributed by atoms with van der Waals surface area (Å²) in [6.07, 6.45) is 1.87. The van der Waals surface area contributed by atoms with Gasteiger partial charge < -0.3 is 9.88 Å². The number of carbonyl (C=O) groups excluding carboxylic acids is 1. The van der Waals surface area contributed by atoms with Crippen LogP contribution >= 0.6 is 11.8 Å². The minimum Gasteiger partial charge on any atom is -0.323 e. The summed E-state index contributed by atoms with van der Waals surface area (Å²) in [5, 5.41) is 8.33. The first kappa shape index (κ1) is 21.3. The highest BCUT2D eigenvalue weighted by atomic mass is 32.2. The lowest BCUT2D eigenvalue weighted by Gasteiger charge is -2.09. The molecule has 1 amide bonds. The summed E-state index contributed by atoms with van der Waals surface area (Å²) in [7, 11) is -3.83. The Labute approximate surface area is 172 Å². The van der Waals surface area contributed by atoms with Gasteiger partial charge in [0.25, 0.3) is 0 Å². The molecule has 0 atom stereocenters. The monoisotopic (exact) mass is 436 g/mol. The second-order valence-corrected chi connectivity index (χ2v) is 8.92. The number of nitrogens with zero attached hydrogens (tertiary/aromatic N) is 2.